The zero-order valence-corrected chi connectivity index (χ0v) is 19.9. The minimum atomic E-state index is -0.395. The largest absolute Gasteiger partial charge is 0.393 e. The first kappa shape index (κ1) is 25.3. The summed E-state index contributed by atoms with van der Waals surface area (Å²) in [4.78, 5) is 11.7. The second kappa shape index (κ2) is 12.8. The van der Waals surface area contributed by atoms with Gasteiger partial charge in [0, 0.05) is 5.41 Å². The van der Waals surface area contributed by atoms with Crippen LogP contribution in [0.3, 0.4) is 0 Å². The van der Waals surface area contributed by atoms with Gasteiger partial charge in [-0.2, -0.15) is 0 Å². The van der Waals surface area contributed by atoms with Gasteiger partial charge in [-0.25, -0.2) is 0 Å². The smallest absolute Gasteiger partial charge is 0.130 e. The highest BCUT2D eigenvalue weighted by Crippen LogP contribution is 2.30. The number of carbonyl (C=O) groups is 1. The van der Waals surface area contributed by atoms with Crippen LogP contribution in [0.1, 0.15) is 96.1 Å². The van der Waals surface area contributed by atoms with Crippen molar-refractivity contribution in [2.45, 2.75) is 102 Å². The molecule has 2 rings (SSSR count). The van der Waals surface area contributed by atoms with E-state index in [1.807, 2.05) is 37.3 Å². The molecular weight excluding hydrogens is 380 g/mol. The Kier molecular flexibility index (Phi) is 10.5. The lowest BCUT2D eigenvalue weighted by atomic mass is 9.79. The van der Waals surface area contributed by atoms with E-state index in [1.165, 1.54) is 24.8 Å². The van der Waals surface area contributed by atoms with Crippen LogP contribution in [0.15, 0.2) is 60.7 Å². The summed E-state index contributed by atoms with van der Waals surface area (Å²) in [5.74, 6) is 0. The fourth-order valence-corrected chi connectivity index (χ4v) is 4.44. The van der Waals surface area contributed by atoms with Crippen molar-refractivity contribution in [3.8, 4) is 0 Å². The van der Waals surface area contributed by atoms with Crippen LogP contribution in [0.25, 0.3) is 0 Å². The first-order valence-corrected chi connectivity index (χ1v) is 12.1. The quantitative estimate of drug-likeness (QED) is 0.240. The van der Waals surface area contributed by atoms with E-state index in [2.05, 4.69) is 44.2 Å². The summed E-state index contributed by atoms with van der Waals surface area (Å²) in [5, 5.41) is 10.3. The predicted octanol–water partition coefficient (Wildman–Crippen LogP) is 7.38. The monoisotopic (exact) mass is 422 g/mol. The first-order chi connectivity index (χ1) is 14.9. The predicted molar refractivity (Wildman–Crippen MR) is 132 cm³/mol. The molecule has 0 saturated carbocycles. The summed E-state index contributed by atoms with van der Waals surface area (Å²) in [6.45, 7) is 6.68. The molecule has 0 fully saturated rings. The summed E-state index contributed by atoms with van der Waals surface area (Å²) < 4.78 is 0. The second-order valence-electron chi connectivity index (χ2n) is 10.0. The van der Waals surface area contributed by atoms with Crippen molar-refractivity contribution < 1.29 is 9.90 Å². The lowest BCUT2D eigenvalue weighted by molar-refractivity contribution is -0.112. The van der Waals surface area contributed by atoms with Crippen molar-refractivity contribution in [1.29, 1.82) is 0 Å². The third-order valence-corrected chi connectivity index (χ3v) is 6.82. The molecule has 0 spiro atoms. The number of benzene rings is 2. The summed E-state index contributed by atoms with van der Waals surface area (Å²) in [7, 11) is 0. The van der Waals surface area contributed by atoms with Gasteiger partial charge in [-0.15, -0.1) is 0 Å². The molecule has 0 amide bonds. The maximum Gasteiger partial charge on any atom is 0.130 e. The van der Waals surface area contributed by atoms with Crippen LogP contribution in [0.4, 0.5) is 0 Å². The highest BCUT2D eigenvalue weighted by Gasteiger charge is 2.25. The number of hydrogen-bond donors (Lipinski definition) is 1. The van der Waals surface area contributed by atoms with E-state index in [1.54, 1.807) is 0 Å². The Balaban J connectivity index is 1.55. The Morgan fingerprint density at radius 3 is 1.71 bits per heavy atom. The zero-order chi connectivity index (χ0) is 22.6. The lowest BCUT2D eigenvalue weighted by Gasteiger charge is -2.25. The van der Waals surface area contributed by atoms with Crippen LogP contribution in [-0.2, 0) is 15.6 Å². The normalized spacial score (nSPS) is 14.7. The average Bonchev–Trinajstić information content (AvgIpc) is 2.79. The van der Waals surface area contributed by atoms with Crippen molar-refractivity contribution in [1.82, 2.24) is 0 Å². The van der Waals surface area contributed by atoms with E-state index < -0.39 is 5.41 Å². The zero-order valence-electron chi connectivity index (χ0n) is 19.9. The van der Waals surface area contributed by atoms with E-state index in [-0.39, 0.29) is 11.5 Å². The van der Waals surface area contributed by atoms with Crippen molar-refractivity contribution in [2.24, 2.45) is 0 Å². The minimum Gasteiger partial charge on any atom is -0.393 e. The molecule has 170 valence electrons. The molecule has 0 aromatic heterocycles. The number of carbonyl (C=O) groups excluding carboxylic acids is 1. The standard InChI is InChI=1S/C29H42O2/c1-28(2,25-16-8-4-9-17-25)22-14-6-12-20-27(31)21-13-7-15-23-29(3,24-30)26-18-10-5-11-19-26/h4-5,8-11,16-19,24,27,31H,6-7,12-15,20-23H2,1-3H3. The third-order valence-electron chi connectivity index (χ3n) is 6.82. The first-order valence-electron chi connectivity index (χ1n) is 12.1. The molecule has 0 bridgehead atoms. The number of aldehydes is 1. The highest BCUT2D eigenvalue weighted by atomic mass is 16.3. The van der Waals surface area contributed by atoms with Gasteiger partial charge < -0.3 is 9.90 Å². The van der Waals surface area contributed by atoms with Gasteiger partial charge in [-0.3, -0.25) is 0 Å². The maximum absolute atomic E-state index is 11.7. The molecule has 0 aliphatic rings. The fourth-order valence-electron chi connectivity index (χ4n) is 4.44. The van der Waals surface area contributed by atoms with Crippen LogP contribution < -0.4 is 0 Å². The SMILES string of the molecule is CC(C)(CCCCCC(O)CCCCCC(C)(C=O)c1ccccc1)c1ccccc1. The number of hydrogen-bond acceptors (Lipinski definition) is 2. The summed E-state index contributed by atoms with van der Waals surface area (Å²) in [6.07, 6.45) is 11.3. The molecule has 1 N–H and O–H groups in total. The van der Waals surface area contributed by atoms with Crippen molar-refractivity contribution >= 4 is 6.29 Å². The van der Waals surface area contributed by atoms with Gasteiger partial charge in [0.2, 0.25) is 0 Å². The van der Waals surface area contributed by atoms with Gasteiger partial charge in [0.25, 0.3) is 0 Å². The van der Waals surface area contributed by atoms with Gasteiger partial charge in [0.15, 0.2) is 0 Å². The van der Waals surface area contributed by atoms with Crippen molar-refractivity contribution in [3.63, 3.8) is 0 Å². The van der Waals surface area contributed by atoms with E-state index in [9.17, 15) is 9.90 Å². The molecule has 31 heavy (non-hydrogen) atoms. The Morgan fingerprint density at radius 2 is 1.19 bits per heavy atom. The van der Waals surface area contributed by atoms with Crippen LogP contribution >= 0.6 is 0 Å². The van der Waals surface area contributed by atoms with E-state index in [0.29, 0.717) is 0 Å². The van der Waals surface area contributed by atoms with Crippen LogP contribution in [0.5, 0.6) is 0 Å². The maximum atomic E-state index is 11.7. The summed E-state index contributed by atoms with van der Waals surface area (Å²) >= 11 is 0. The number of unbranched alkanes of at least 4 members (excludes halogenated alkanes) is 4. The molecule has 2 aromatic carbocycles. The Morgan fingerprint density at radius 1 is 0.710 bits per heavy atom. The van der Waals surface area contributed by atoms with Crippen LogP contribution in [0.2, 0.25) is 0 Å². The molecular formula is C29H42O2. The molecule has 0 radical (unpaired) electrons. The lowest BCUT2D eigenvalue weighted by Crippen LogP contribution is -2.23. The van der Waals surface area contributed by atoms with Gasteiger partial charge in [0.1, 0.15) is 6.29 Å². The molecule has 0 aliphatic carbocycles. The van der Waals surface area contributed by atoms with Gasteiger partial charge in [-0.05, 0) is 49.1 Å². The molecule has 0 saturated heterocycles. The molecule has 2 atom stereocenters. The Hall–Kier alpha value is -1.93. The van der Waals surface area contributed by atoms with Gasteiger partial charge in [0.05, 0.1) is 6.10 Å². The van der Waals surface area contributed by atoms with Crippen molar-refractivity contribution in [2.75, 3.05) is 0 Å². The minimum absolute atomic E-state index is 0.186. The summed E-state index contributed by atoms with van der Waals surface area (Å²) in [6, 6.07) is 20.8. The van der Waals surface area contributed by atoms with E-state index in [0.717, 1.165) is 56.8 Å². The van der Waals surface area contributed by atoms with Gasteiger partial charge in [-0.1, -0.05) is 113 Å². The van der Waals surface area contributed by atoms with Gasteiger partial charge >= 0.3 is 0 Å². The van der Waals surface area contributed by atoms with E-state index in [4.69, 9.17) is 0 Å². The van der Waals surface area contributed by atoms with Crippen molar-refractivity contribution in [3.05, 3.63) is 71.8 Å². The highest BCUT2D eigenvalue weighted by molar-refractivity contribution is 5.67. The average molecular weight is 423 g/mol. The molecule has 0 heterocycles. The number of aliphatic hydroxyl groups is 1. The molecule has 2 unspecified atom stereocenters. The molecule has 0 aliphatic heterocycles. The molecule has 2 nitrogen and oxygen atoms in total. The number of rotatable bonds is 15. The summed E-state index contributed by atoms with van der Waals surface area (Å²) in [5.41, 5.74) is 2.33. The number of aliphatic hydroxyl groups excluding tert-OH is 1. The van der Waals surface area contributed by atoms with Crippen LogP contribution in [0, 0.1) is 0 Å². The molecule has 2 heteroatoms. The van der Waals surface area contributed by atoms with E-state index >= 15 is 0 Å². The Bertz CT molecular complexity index is 738. The second-order valence-corrected chi connectivity index (χ2v) is 10.0. The third kappa shape index (κ3) is 8.61. The Labute approximate surface area is 190 Å². The molecule has 2 aromatic rings. The van der Waals surface area contributed by atoms with Crippen LogP contribution in [-0.4, -0.2) is 17.5 Å². The topological polar surface area (TPSA) is 37.3 Å². The fraction of sp³-hybridized carbons (Fsp3) is 0.552.